The van der Waals surface area contributed by atoms with Gasteiger partial charge in [-0.15, -0.1) is 0 Å². The Kier molecular flexibility index (Phi) is 5.97. The number of para-hydroxylation sites is 1. The van der Waals surface area contributed by atoms with Gasteiger partial charge in [-0.3, -0.25) is 9.69 Å². The average molecular weight is 523 g/mol. The first-order valence-electron chi connectivity index (χ1n) is 13.8. The molecule has 0 bridgehead atoms. The molecule has 8 heteroatoms. The highest BCUT2D eigenvalue weighted by Crippen LogP contribution is 2.32. The summed E-state index contributed by atoms with van der Waals surface area (Å²) in [5.41, 5.74) is 5.07. The van der Waals surface area contributed by atoms with E-state index in [1.165, 1.54) is 12.8 Å². The van der Waals surface area contributed by atoms with Crippen molar-refractivity contribution in [1.29, 1.82) is 0 Å². The summed E-state index contributed by atoms with van der Waals surface area (Å²) in [4.78, 5) is 28.8. The summed E-state index contributed by atoms with van der Waals surface area (Å²) >= 11 is 0. The number of carbonyl (C=O) groups is 1. The number of nitrogens with one attached hydrogen (secondary N) is 2. The summed E-state index contributed by atoms with van der Waals surface area (Å²) < 4.78 is 16.1. The number of nitrogens with zero attached hydrogens (tertiary/aromatic N) is 4. The number of halogens is 1. The number of fused-ring (bicyclic) bond motifs is 2. The van der Waals surface area contributed by atoms with Crippen molar-refractivity contribution in [3.8, 4) is 11.8 Å². The number of alkyl halides is 1. The van der Waals surface area contributed by atoms with Crippen LogP contribution >= 0.6 is 0 Å². The summed E-state index contributed by atoms with van der Waals surface area (Å²) in [6.45, 7) is 4.33. The Bertz CT molecular complexity index is 1590. The third kappa shape index (κ3) is 4.83. The number of carbonyl (C=O) groups excluding carboxylic acids is 1. The molecule has 0 spiro atoms. The molecule has 1 saturated carbocycles. The van der Waals surface area contributed by atoms with Crippen molar-refractivity contribution in [3.05, 3.63) is 82.8 Å². The van der Waals surface area contributed by atoms with E-state index in [1.807, 2.05) is 47.9 Å². The Labute approximate surface area is 226 Å². The number of pyridine rings is 1. The second-order valence-electron chi connectivity index (χ2n) is 11.1. The van der Waals surface area contributed by atoms with Crippen LogP contribution in [0.1, 0.15) is 64.1 Å². The van der Waals surface area contributed by atoms with Crippen molar-refractivity contribution in [2.24, 2.45) is 5.92 Å². The molecule has 1 aliphatic carbocycles. The van der Waals surface area contributed by atoms with Gasteiger partial charge in [-0.2, -0.15) is 0 Å². The standard InChI is InChI=1S/C31H31FN6O/c1-19-12-21(7-6-20-10-11-37(16-20)24-8-9-24)13-27(34-19)31(39)36-29(26-14-22-4-2-3-5-25(22)35-26)30-28-15-23(32)17-38(28)18-33-30/h2-5,12-14,18,20,23-24,29,35H,8-11,15-17H2,1H3,(H,36,39)/t20-,23+,29?/m0/s1. The normalized spacial score (nSPS) is 21.5. The van der Waals surface area contributed by atoms with Crippen molar-refractivity contribution in [2.45, 2.75) is 57.4 Å². The minimum atomic E-state index is -0.948. The quantitative estimate of drug-likeness (QED) is 0.383. The number of amides is 1. The van der Waals surface area contributed by atoms with E-state index < -0.39 is 12.2 Å². The van der Waals surface area contributed by atoms with E-state index in [4.69, 9.17) is 0 Å². The maximum Gasteiger partial charge on any atom is 0.270 e. The minimum absolute atomic E-state index is 0.281. The molecule has 3 aliphatic rings. The van der Waals surface area contributed by atoms with Crippen LogP contribution in [-0.2, 0) is 13.0 Å². The van der Waals surface area contributed by atoms with Gasteiger partial charge in [0, 0.05) is 53.1 Å². The molecule has 2 N–H and O–H groups in total. The van der Waals surface area contributed by atoms with Crippen molar-refractivity contribution >= 4 is 16.8 Å². The Morgan fingerprint density at radius 3 is 2.90 bits per heavy atom. The van der Waals surface area contributed by atoms with E-state index in [0.717, 1.165) is 59.1 Å². The fraction of sp³-hybridized carbons (Fsp3) is 0.387. The van der Waals surface area contributed by atoms with Gasteiger partial charge in [0.25, 0.3) is 5.91 Å². The largest absolute Gasteiger partial charge is 0.356 e. The molecule has 0 radical (unpaired) electrons. The molecule has 4 aromatic rings. The van der Waals surface area contributed by atoms with Gasteiger partial charge in [0.05, 0.1) is 18.6 Å². The molecule has 1 aromatic carbocycles. The molecule has 198 valence electrons. The Balaban J connectivity index is 1.17. The number of rotatable bonds is 5. The number of hydrogen-bond donors (Lipinski definition) is 2. The molecule has 7 rings (SSSR count). The van der Waals surface area contributed by atoms with E-state index >= 15 is 0 Å². The van der Waals surface area contributed by atoms with E-state index in [2.05, 4.69) is 37.0 Å². The number of benzene rings is 1. The smallest absolute Gasteiger partial charge is 0.270 e. The zero-order valence-electron chi connectivity index (χ0n) is 22.0. The highest BCUT2D eigenvalue weighted by Gasteiger charge is 2.34. The first-order chi connectivity index (χ1) is 19.0. The van der Waals surface area contributed by atoms with Crippen LogP contribution in [0.5, 0.6) is 0 Å². The first kappa shape index (κ1) is 24.1. The van der Waals surface area contributed by atoms with Gasteiger partial charge in [-0.25, -0.2) is 14.4 Å². The summed E-state index contributed by atoms with van der Waals surface area (Å²) in [5.74, 6) is 6.80. The van der Waals surface area contributed by atoms with Crippen molar-refractivity contribution in [2.75, 3.05) is 13.1 Å². The Hall–Kier alpha value is -3.96. The van der Waals surface area contributed by atoms with Gasteiger partial charge in [-0.05, 0) is 62.4 Å². The predicted molar refractivity (Wildman–Crippen MR) is 147 cm³/mol. The molecule has 7 nitrogen and oxygen atoms in total. The molecule has 1 saturated heterocycles. The molecule has 2 aliphatic heterocycles. The SMILES string of the molecule is Cc1cc(C#C[C@H]2CCN(C3CC3)C2)cc(C(=O)NC(c2cc3ccccc3[nH]2)c2ncn3c2C[C@@H](F)C3)n1. The molecule has 1 amide bonds. The molecule has 3 atom stereocenters. The van der Waals surface area contributed by atoms with Crippen LogP contribution < -0.4 is 5.32 Å². The Morgan fingerprint density at radius 2 is 2.05 bits per heavy atom. The fourth-order valence-electron chi connectivity index (χ4n) is 6.00. The minimum Gasteiger partial charge on any atom is -0.356 e. The van der Waals surface area contributed by atoms with Gasteiger partial charge in [0.2, 0.25) is 0 Å². The first-order valence-corrected chi connectivity index (χ1v) is 13.8. The van der Waals surface area contributed by atoms with Crippen molar-refractivity contribution in [1.82, 2.24) is 29.7 Å². The highest BCUT2D eigenvalue weighted by molar-refractivity contribution is 5.93. The summed E-state index contributed by atoms with van der Waals surface area (Å²) in [6, 6.07) is 13.9. The molecule has 5 heterocycles. The molecule has 2 fully saturated rings. The van der Waals surface area contributed by atoms with E-state index in [9.17, 15) is 9.18 Å². The van der Waals surface area contributed by atoms with Crippen LogP contribution in [0.15, 0.2) is 48.8 Å². The number of likely N-dealkylation sites (tertiary alicyclic amines) is 1. The maximum atomic E-state index is 14.3. The number of hydrogen-bond acceptors (Lipinski definition) is 4. The van der Waals surface area contributed by atoms with E-state index in [1.54, 1.807) is 12.4 Å². The summed E-state index contributed by atoms with van der Waals surface area (Å²) in [5, 5.41) is 4.18. The molecule has 3 aromatic heterocycles. The molecular weight excluding hydrogens is 491 g/mol. The van der Waals surface area contributed by atoms with E-state index in [-0.39, 0.29) is 18.9 Å². The van der Waals surface area contributed by atoms with Gasteiger partial charge in [0.1, 0.15) is 17.9 Å². The van der Waals surface area contributed by atoms with Crippen molar-refractivity contribution < 1.29 is 9.18 Å². The van der Waals surface area contributed by atoms with Crippen LogP contribution in [0.2, 0.25) is 0 Å². The van der Waals surface area contributed by atoms with Gasteiger partial charge in [0.15, 0.2) is 0 Å². The molecule has 1 unspecified atom stereocenters. The topological polar surface area (TPSA) is 78.8 Å². The van der Waals surface area contributed by atoms with Gasteiger partial charge in [-0.1, -0.05) is 30.0 Å². The zero-order chi connectivity index (χ0) is 26.5. The van der Waals surface area contributed by atoms with Crippen LogP contribution in [0.25, 0.3) is 10.9 Å². The third-order valence-electron chi connectivity index (χ3n) is 8.09. The predicted octanol–water partition coefficient (Wildman–Crippen LogP) is 4.32. The summed E-state index contributed by atoms with van der Waals surface area (Å²) in [7, 11) is 0. The number of imidazole rings is 1. The lowest BCUT2D eigenvalue weighted by atomic mass is 10.1. The summed E-state index contributed by atoms with van der Waals surface area (Å²) in [6.07, 6.45) is 4.73. The monoisotopic (exact) mass is 522 g/mol. The van der Waals surface area contributed by atoms with Gasteiger partial charge < -0.3 is 14.9 Å². The number of aromatic nitrogens is 4. The zero-order valence-corrected chi connectivity index (χ0v) is 22.0. The third-order valence-corrected chi connectivity index (χ3v) is 8.09. The van der Waals surface area contributed by atoms with Crippen LogP contribution in [-0.4, -0.2) is 55.6 Å². The lowest BCUT2D eigenvalue weighted by Crippen LogP contribution is -2.31. The number of aryl methyl sites for hydroxylation is 1. The van der Waals surface area contributed by atoms with Crippen LogP contribution in [0.4, 0.5) is 4.39 Å². The van der Waals surface area contributed by atoms with Crippen molar-refractivity contribution in [3.63, 3.8) is 0 Å². The van der Waals surface area contributed by atoms with Gasteiger partial charge >= 0.3 is 0 Å². The number of aromatic amines is 1. The second-order valence-corrected chi connectivity index (χ2v) is 11.1. The average Bonchev–Trinajstić information content (AvgIpc) is 3.23. The maximum absolute atomic E-state index is 14.3. The van der Waals surface area contributed by atoms with Crippen LogP contribution in [0.3, 0.4) is 0 Å². The molecular formula is C31H31FN6O. The second kappa shape index (κ2) is 9.65. The van der Waals surface area contributed by atoms with Crippen LogP contribution in [0, 0.1) is 24.7 Å². The lowest BCUT2D eigenvalue weighted by molar-refractivity contribution is 0.0936. The highest BCUT2D eigenvalue weighted by atomic mass is 19.1. The van der Waals surface area contributed by atoms with E-state index in [0.29, 0.717) is 17.3 Å². The molecule has 39 heavy (non-hydrogen) atoms. The fourth-order valence-corrected chi connectivity index (χ4v) is 6.00. The number of H-pyrrole nitrogens is 1. The Morgan fingerprint density at radius 1 is 1.18 bits per heavy atom. The lowest BCUT2D eigenvalue weighted by Gasteiger charge is -2.17.